The lowest BCUT2D eigenvalue weighted by molar-refractivity contribution is 0.0494. The van der Waals surface area contributed by atoms with Crippen molar-refractivity contribution in [3.8, 4) is 5.75 Å². The van der Waals surface area contributed by atoms with Crippen molar-refractivity contribution < 1.29 is 31.3 Å². The third-order valence-corrected chi connectivity index (χ3v) is 6.88. The van der Waals surface area contributed by atoms with Crippen LogP contribution in [0.4, 0.5) is 0 Å². The van der Waals surface area contributed by atoms with Crippen LogP contribution in [-0.2, 0) is 21.4 Å². The molecule has 0 atom stereocenters. The summed E-state index contributed by atoms with van der Waals surface area (Å²) in [6.07, 6.45) is 4.88. The highest BCUT2D eigenvalue weighted by Crippen LogP contribution is 2.30. The molecule has 8 nitrogen and oxygen atoms in total. The average Bonchev–Trinajstić information content (AvgIpc) is 3.55. The Morgan fingerprint density at radius 3 is 2.43 bits per heavy atom. The minimum atomic E-state index is -4.28. The lowest BCUT2D eigenvalue weighted by Crippen LogP contribution is -2.32. The number of nitrogens with zero attached hydrogens (tertiary/aromatic N) is 1. The molecule has 0 unspecified atom stereocenters. The van der Waals surface area contributed by atoms with Gasteiger partial charge in [-0.15, -0.1) is 0 Å². The van der Waals surface area contributed by atoms with Gasteiger partial charge in [0.25, 0.3) is 5.91 Å². The summed E-state index contributed by atoms with van der Waals surface area (Å²) in [4.78, 5) is 26.7. The standard InChI is InChI=1S/C26H27NO7S/c1-2-3-16-33-26(29)22-7-4-5-9-24(22)35(30,31)34-21-14-10-19(11-15-21)18-27(20-12-13-20)25(28)23-8-6-17-32-23/h4-11,14-15,17,20H,2-3,12-13,16,18H2,1H3. The van der Waals surface area contributed by atoms with Gasteiger partial charge < -0.3 is 18.2 Å². The minimum absolute atomic E-state index is 0.0725. The zero-order chi connectivity index (χ0) is 24.8. The summed E-state index contributed by atoms with van der Waals surface area (Å²) in [5.74, 6) is -0.506. The third-order valence-electron chi connectivity index (χ3n) is 5.57. The Morgan fingerprint density at radius 2 is 1.77 bits per heavy atom. The van der Waals surface area contributed by atoms with Crippen LogP contribution in [0.15, 0.2) is 76.2 Å². The number of unbranched alkanes of at least 4 members (excludes halogenated alkanes) is 1. The van der Waals surface area contributed by atoms with Gasteiger partial charge in [0.15, 0.2) is 5.76 Å². The molecule has 0 bridgehead atoms. The van der Waals surface area contributed by atoms with Gasteiger partial charge in [-0.25, -0.2) is 4.79 Å². The number of hydrogen-bond acceptors (Lipinski definition) is 7. The number of carbonyl (C=O) groups is 2. The van der Waals surface area contributed by atoms with Gasteiger partial charge in [0, 0.05) is 12.6 Å². The fraction of sp³-hybridized carbons (Fsp3) is 0.308. The molecule has 1 heterocycles. The van der Waals surface area contributed by atoms with Crippen molar-refractivity contribution >= 4 is 22.0 Å². The summed E-state index contributed by atoms with van der Waals surface area (Å²) < 4.78 is 41.6. The van der Waals surface area contributed by atoms with E-state index in [2.05, 4.69) is 0 Å². The largest absolute Gasteiger partial charge is 0.462 e. The van der Waals surface area contributed by atoms with Crippen molar-refractivity contribution in [3.63, 3.8) is 0 Å². The molecular weight excluding hydrogens is 470 g/mol. The number of rotatable bonds is 11. The van der Waals surface area contributed by atoms with Crippen LogP contribution in [0.1, 0.15) is 59.1 Å². The van der Waals surface area contributed by atoms with Gasteiger partial charge in [-0.3, -0.25) is 4.79 Å². The predicted octanol–water partition coefficient (Wildman–Crippen LogP) is 4.81. The number of hydrogen-bond donors (Lipinski definition) is 0. The maximum Gasteiger partial charge on any atom is 0.340 e. The van der Waals surface area contributed by atoms with Crippen molar-refractivity contribution in [1.29, 1.82) is 0 Å². The molecule has 0 aliphatic heterocycles. The summed E-state index contributed by atoms with van der Waals surface area (Å²) in [6.45, 7) is 2.54. The predicted molar refractivity (Wildman–Crippen MR) is 127 cm³/mol. The molecule has 1 aliphatic rings. The van der Waals surface area contributed by atoms with E-state index in [0.29, 0.717) is 13.0 Å². The molecule has 0 N–H and O–H groups in total. The van der Waals surface area contributed by atoms with Gasteiger partial charge >= 0.3 is 16.1 Å². The summed E-state index contributed by atoms with van der Waals surface area (Å²) >= 11 is 0. The van der Waals surface area contributed by atoms with Gasteiger partial charge in [0.1, 0.15) is 10.6 Å². The molecule has 2 aromatic carbocycles. The second-order valence-corrected chi connectivity index (χ2v) is 9.82. The highest BCUT2D eigenvalue weighted by molar-refractivity contribution is 7.87. The molecule has 4 rings (SSSR count). The SMILES string of the molecule is CCCCOC(=O)c1ccccc1S(=O)(=O)Oc1ccc(CN(C(=O)c2ccco2)C2CC2)cc1. The molecule has 1 aliphatic carbocycles. The van der Waals surface area contributed by atoms with Crippen molar-refractivity contribution in [1.82, 2.24) is 4.90 Å². The number of furan rings is 1. The van der Waals surface area contributed by atoms with Crippen molar-refractivity contribution in [2.45, 2.75) is 50.1 Å². The average molecular weight is 498 g/mol. The molecule has 0 radical (unpaired) electrons. The molecule has 3 aromatic rings. The van der Waals surface area contributed by atoms with E-state index < -0.39 is 16.1 Å². The molecule has 35 heavy (non-hydrogen) atoms. The van der Waals surface area contributed by atoms with Crippen molar-refractivity contribution in [2.24, 2.45) is 0 Å². The maximum atomic E-state index is 12.9. The van der Waals surface area contributed by atoms with Crippen LogP contribution >= 0.6 is 0 Å². The summed E-state index contributed by atoms with van der Waals surface area (Å²) in [5.41, 5.74) is 0.748. The van der Waals surface area contributed by atoms with E-state index in [1.807, 2.05) is 6.92 Å². The highest BCUT2D eigenvalue weighted by atomic mass is 32.2. The summed E-state index contributed by atoms with van der Waals surface area (Å²) in [5, 5.41) is 0. The number of ether oxygens (including phenoxy) is 1. The Kier molecular flexibility index (Phi) is 7.55. The normalized spacial score (nSPS) is 13.3. The molecule has 1 aromatic heterocycles. The monoisotopic (exact) mass is 497 g/mol. The van der Waals surface area contributed by atoms with Crippen LogP contribution in [0.3, 0.4) is 0 Å². The first-order valence-electron chi connectivity index (χ1n) is 11.5. The van der Waals surface area contributed by atoms with E-state index in [4.69, 9.17) is 13.3 Å². The van der Waals surface area contributed by atoms with E-state index in [1.54, 1.807) is 35.2 Å². The number of amides is 1. The summed E-state index contributed by atoms with van der Waals surface area (Å²) in [7, 11) is -4.28. The lowest BCUT2D eigenvalue weighted by atomic mass is 10.2. The zero-order valence-corrected chi connectivity index (χ0v) is 20.2. The third kappa shape index (κ3) is 6.10. The Labute approximate surface area is 204 Å². The van der Waals surface area contributed by atoms with Crippen molar-refractivity contribution in [3.05, 3.63) is 83.8 Å². The van der Waals surface area contributed by atoms with Gasteiger partial charge in [-0.2, -0.15) is 8.42 Å². The van der Waals surface area contributed by atoms with E-state index >= 15 is 0 Å². The second kappa shape index (κ2) is 10.8. The molecule has 9 heteroatoms. The quantitative estimate of drug-likeness (QED) is 0.213. The molecule has 0 saturated heterocycles. The molecule has 1 fully saturated rings. The van der Waals surface area contributed by atoms with Crippen LogP contribution < -0.4 is 4.18 Å². The first kappa shape index (κ1) is 24.5. The maximum absolute atomic E-state index is 12.9. The topological polar surface area (TPSA) is 103 Å². The van der Waals surface area contributed by atoms with Crippen LogP contribution in [0.2, 0.25) is 0 Å². The fourth-order valence-corrected chi connectivity index (χ4v) is 4.67. The van der Waals surface area contributed by atoms with E-state index in [0.717, 1.165) is 24.8 Å². The Bertz CT molecular complexity index is 1260. The Morgan fingerprint density at radius 1 is 1.03 bits per heavy atom. The number of carbonyl (C=O) groups excluding carboxylic acids is 2. The smallest absolute Gasteiger partial charge is 0.340 e. The van der Waals surface area contributed by atoms with E-state index in [1.165, 1.54) is 36.6 Å². The van der Waals surface area contributed by atoms with Gasteiger partial charge in [0.2, 0.25) is 0 Å². The summed E-state index contributed by atoms with van der Waals surface area (Å²) in [6, 6.07) is 15.7. The van der Waals surface area contributed by atoms with Gasteiger partial charge in [0.05, 0.1) is 18.4 Å². The lowest BCUT2D eigenvalue weighted by Gasteiger charge is -2.21. The van der Waals surface area contributed by atoms with E-state index in [-0.39, 0.29) is 40.5 Å². The Hall–Kier alpha value is -3.59. The fourth-order valence-electron chi connectivity index (χ4n) is 3.55. The zero-order valence-electron chi connectivity index (χ0n) is 19.4. The van der Waals surface area contributed by atoms with Crippen LogP contribution in [-0.4, -0.2) is 37.8 Å². The van der Waals surface area contributed by atoms with Gasteiger partial charge in [-0.05, 0) is 61.2 Å². The first-order chi connectivity index (χ1) is 16.9. The van der Waals surface area contributed by atoms with Crippen LogP contribution in [0.25, 0.3) is 0 Å². The van der Waals surface area contributed by atoms with Crippen molar-refractivity contribution in [2.75, 3.05) is 6.61 Å². The van der Waals surface area contributed by atoms with Gasteiger partial charge in [-0.1, -0.05) is 37.6 Å². The minimum Gasteiger partial charge on any atom is -0.462 e. The number of esters is 1. The Balaban J connectivity index is 1.46. The molecule has 1 saturated carbocycles. The molecule has 184 valence electrons. The molecule has 1 amide bonds. The first-order valence-corrected chi connectivity index (χ1v) is 12.9. The van der Waals surface area contributed by atoms with Crippen LogP contribution in [0, 0.1) is 0 Å². The van der Waals surface area contributed by atoms with E-state index in [9.17, 15) is 18.0 Å². The highest BCUT2D eigenvalue weighted by Gasteiger charge is 2.34. The number of benzene rings is 2. The second-order valence-electron chi connectivity index (χ2n) is 8.31. The molecule has 0 spiro atoms. The molecular formula is C26H27NO7S. The van der Waals surface area contributed by atoms with Crippen LogP contribution in [0.5, 0.6) is 5.75 Å².